The van der Waals surface area contributed by atoms with Gasteiger partial charge < -0.3 is 5.11 Å². The molecule has 0 aliphatic rings. The lowest BCUT2D eigenvalue weighted by Gasteiger charge is -2.02. The van der Waals surface area contributed by atoms with E-state index in [0.717, 1.165) is 15.2 Å². The molecule has 66 valence electrons. The van der Waals surface area contributed by atoms with Crippen LogP contribution in [-0.4, -0.2) is 10.1 Å². The molecular formula is C10H8BrNO. The van der Waals surface area contributed by atoms with Gasteiger partial charge in [-0.2, -0.15) is 0 Å². The second-order valence-corrected chi connectivity index (χ2v) is 3.86. The molecule has 0 spiro atoms. The summed E-state index contributed by atoms with van der Waals surface area (Å²) in [6, 6.07) is 5.70. The maximum atomic E-state index is 9.19. The first-order valence-corrected chi connectivity index (χ1v) is 4.71. The van der Waals surface area contributed by atoms with E-state index in [1.165, 1.54) is 5.56 Å². The zero-order valence-corrected chi connectivity index (χ0v) is 8.67. The third-order valence-electron chi connectivity index (χ3n) is 1.92. The quantitative estimate of drug-likeness (QED) is 0.765. The van der Waals surface area contributed by atoms with Gasteiger partial charge in [0.1, 0.15) is 0 Å². The molecule has 0 aliphatic heterocycles. The molecule has 1 heterocycles. The van der Waals surface area contributed by atoms with E-state index in [2.05, 4.69) is 20.9 Å². The summed E-state index contributed by atoms with van der Waals surface area (Å²) < 4.78 is 0.986. The Hall–Kier alpha value is -1.09. The first-order chi connectivity index (χ1) is 6.16. The number of benzene rings is 1. The van der Waals surface area contributed by atoms with Gasteiger partial charge in [0.2, 0.25) is 5.88 Å². The van der Waals surface area contributed by atoms with Gasteiger partial charge in [0, 0.05) is 27.5 Å². The van der Waals surface area contributed by atoms with E-state index in [4.69, 9.17) is 0 Å². The lowest BCUT2D eigenvalue weighted by molar-refractivity contribution is 0.454. The summed E-state index contributed by atoms with van der Waals surface area (Å²) in [4.78, 5) is 3.82. The largest absolute Gasteiger partial charge is 0.493 e. The molecule has 1 aromatic carbocycles. The van der Waals surface area contributed by atoms with Crippen LogP contribution in [0.2, 0.25) is 0 Å². The third kappa shape index (κ3) is 1.52. The van der Waals surface area contributed by atoms with Gasteiger partial charge in [0.25, 0.3) is 0 Å². The number of nitrogens with zero attached hydrogens (tertiary/aromatic N) is 1. The summed E-state index contributed by atoms with van der Waals surface area (Å²) in [6.07, 6.45) is 1.67. The highest BCUT2D eigenvalue weighted by atomic mass is 79.9. The molecule has 1 N–H and O–H groups in total. The Kier molecular flexibility index (Phi) is 1.96. The number of rotatable bonds is 0. The number of aromatic nitrogens is 1. The molecule has 0 saturated heterocycles. The maximum absolute atomic E-state index is 9.19. The zero-order valence-electron chi connectivity index (χ0n) is 7.08. The van der Waals surface area contributed by atoms with Crippen LogP contribution in [0.3, 0.4) is 0 Å². The van der Waals surface area contributed by atoms with Gasteiger partial charge in [-0.1, -0.05) is 15.9 Å². The SMILES string of the molecule is Cc1cc(Br)c2cc(O)ncc2c1. The standard InChI is InChI=1S/C10H8BrNO/c1-6-2-7-5-12-10(13)4-8(7)9(11)3-6/h2-5H,1H3,(H,12,13). The Morgan fingerprint density at radius 3 is 2.85 bits per heavy atom. The predicted molar refractivity (Wildman–Crippen MR) is 55.8 cm³/mol. The van der Waals surface area contributed by atoms with Crippen LogP contribution in [0, 0.1) is 6.92 Å². The second-order valence-electron chi connectivity index (χ2n) is 3.01. The fourth-order valence-corrected chi connectivity index (χ4v) is 2.05. The number of halogens is 1. The van der Waals surface area contributed by atoms with Gasteiger partial charge in [-0.25, -0.2) is 4.98 Å². The molecular weight excluding hydrogens is 230 g/mol. The van der Waals surface area contributed by atoms with Crippen LogP contribution < -0.4 is 0 Å². The van der Waals surface area contributed by atoms with Gasteiger partial charge in [0.05, 0.1) is 0 Å². The van der Waals surface area contributed by atoms with Crippen molar-refractivity contribution in [3.05, 3.63) is 34.4 Å². The molecule has 2 aromatic rings. The highest BCUT2D eigenvalue weighted by Crippen LogP contribution is 2.26. The van der Waals surface area contributed by atoms with Crippen molar-refractivity contribution in [2.75, 3.05) is 0 Å². The lowest BCUT2D eigenvalue weighted by Crippen LogP contribution is -1.80. The van der Waals surface area contributed by atoms with Crippen LogP contribution in [-0.2, 0) is 0 Å². The number of fused-ring (bicyclic) bond motifs is 1. The summed E-state index contributed by atoms with van der Waals surface area (Å²) in [5, 5.41) is 11.2. The van der Waals surface area contributed by atoms with E-state index in [-0.39, 0.29) is 5.88 Å². The number of aromatic hydroxyl groups is 1. The van der Waals surface area contributed by atoms with Crippen molar-refractivity contribution in [3.63, 3.8) is 0 Å². The van der Waals surface area contributed by atoms with E-state index in [1.54, 1.807) is 12.3 Å². The Labute approximate surface area is 84.4 Å². The molecule has 0 fully saturated rings. The summed E-state index contributed by atoms with van der Waals surface area (Å²) in [5.74, 6) is 0.0528. The molecule has 0 unspecified atom stereocenters. The van der Waals surface area contributed by atoms with E-state index in [1.807, 2.05) is 19.1 Å². The Bertz CT molecular complexity index is 468. The molecule has 0 radical (unpaired) electrons. The number of pyridine rings is 1. The highest BCUT2D eigenvalue weighted by molar-refractivity contribution is 9.10. The van der Waals surface area contributed by atoms with Gasteiger partial charge in [-0.15, -0.1) is 0 Å². The normalized spacial score (nSPS) is 10.6. The van der Waals surface area contributed by atoms with Crippen LogP contribution in [0.4, 0.5) is 0 Å². The van der Waals surface area contributed by atoms with Gasteiger partial charge >= 0.3 is 0 Å². The van der Waals surface area contributed by atoms with E-state index < -0.39 is 0 Å². The smallest absolute Gasteiger partial charge is 0.211 e. The van der Waals surface area contributed by atoms with Crippen LogP contribution >= 0.6 is 15.9 Å². The topological polar surface area (TPSA) is 33.1 Å². The number of hydrogen-bond acceptors (Lipinski definition) is 2. The highest BCUT2D eigenvalue weighted by Gasteiger charge is 2.01. The minimum absolute atomic E-state index is 0.0528. The summed E-state index contributed by atoms with van der Waals surface area (Å²) in [5.41, 5.74) is 1.17. The zero-order chi connectivity index (χ0) is 9.42. The molecule has 0 atom stereocenters. The van der Waals surface area contributed by atoms with Gasteiger partial charge in [-0.3, -0.25) is 0 Å². The summed E-state index contributed by atoms with van der Waals surface area (Å²) >= 11 is 3.44. The van der Waals surface area contributed by atoms with Crippen LogP contribution in [0.5, 0.6) is 5.88 Å². The lowest BCUT2D eigenvalue weighted by atomic mass is 10.1. The van der Waals surface area contributed by atoms with Crippen molar-refractivity contribution in [1.29, 1.82) is 0 Å². The Balaban J connectivity index is 2.87. The molecule has 3 heteroatoms. The molecule has 0 saturated carbocycles. The molecule has 13 heavy (non-hydrogen) atoms. The minimum Gasteiger partial charge on any atom is -0.493 e. The third-order valence-corrected chi connectivity index (χ3v) is 2.57. The van der Waals surface area contributed by atoms with Crippen LogP contribution in [0.25, 0.3) is 10.8 Å². The molecule has 2 nitrogen and oxygen atoms in total. The number of hydrogen-bond donors (Lipinski definition) is 1. The van der Waals surface area contributed by atoms with Crippen molar-refractivity contribution in [1.82, 2.24) is 4.98 Å². The average Bonchev–Trinajstić information content (AvgIpc) is 2.06. The van der Waals surface area contributed by atoms with E-state index in [0.29, 0.717) is 0 Å². The monoisotopic (exact) mass is 237 g/mol. The number of aryl methyl sites for hydroxylation is 1. The molecule has 0 bridgehead atoms. The van der Waals surface area contributed by atoms with Crippen molar-refractivity contribution >= 4 is 26.7 Å². The van der Waals surface area contributed by atoms with Crippen molar-refractivity contribution < 1.29 is 5.11 Å². The van der Waals surface area contributed by atoms with Crippen LogP contribution in [0.1, 0.15) is 5.56 Å². The average molecular weight is 238 g/mol. The molecule has 1 aromatic heterocycles. The second kappa shape index (κ2) is 3.00. The molecule has 0 aliphatic carbocycles. The maximum Gasteiger partial charge on any atom is 0.211 e. The summed E-state index contributed by atoms with van der Waals surface area (Å²) in [6.45, 7) is 2.02. The predicted octanol–water partition coefficient (Wildman–Crippen LogP) is 3.01. The van der Waals surface area contributed by atoms with Crippen molar-refractivity contribution in [3.8, 4) is 5.88 Å². The Morgan fingerprint density at radius 1 is 1.31 bits per heavy atom. The van der Waals surface area contributed by atoms with Crippen LogP contribution in [0.15, 0.2) is 28.9 Å². The van der Waals surface area contributed by atoms with Crippen molar-refractivity contribution in [2.45, 2.75) is 6.92 Å². The first kappa shape index (κ1) is 8.51. The molecule has 0 amide bonds. The van der Waals surface area contributed by atoms with Gasteiger partial charge in [0.15, 0.2) is 0 Å². The van der Waals surface area contributed by atoms with Crippen molar-refractivity contribution in [2.24, 2.45) is 0 Å². The molecule has 2 rings (SSSR count). The first-order valence-electron chi connectivity index (χ1n) is 3.92. The minimum atomic E-state index is 0.0528. The Morgan fingerprint density at radius 2 is 2.08 bits per heavy atom. The fourth-order valence-electron chi connectivity index (χ4n) is 1.34. The summed E-state index contributed by atoms with van der Waals surface area (Å²) in [7, 11) is 0. The van der Waals surface area contributed by atoms with E-state index in [9.17, 15) is 5.11 Å². The van der Waals surface area contributed by atoms with E-state index >= 15 is 0 Å². The van der Waals surface area contributed by atoms with Gasteiger partial charge in [-0.05, 0) is 24.6 Å². The fraction of sp³-hybridized carbons (Fsp3) is 0.100.